The van der Waals surface area contributed by atoms with E-state index in [0.29, 0.717) is 6.41 Å². The lowest BCUT2D eigenvalue weighted by molar-refractivity contribution is -0.677. The third kappa shape index (κ3) is 3.92. The molecule has 0 fully saturated rings. The van der Waals surface area contributed by atoms with Crippen molar-refractivity contribution in [1.82, 2.24) is 0 Å². The van der Waals surface area contributed by atoms with Crippen LogP contribution >= 0.6 is 11.8 Å². The Balaban J connectivity index is 3.45. The number of amides is 1. The van der Waals surface area contributed by atoms with Crippen LogP contribution in [0.15, 0.2) is 0 Å². The van der Waals surface area contributed by atoms with Crippen LogP contribution in [0.25, 0.3) is 0 Å². The number of hydrogen-bond acceptors (Lipinski definition) is 1. The number of halogens is 1. The van der Waals surface area contributed by atoms with E-state index in [1.165, 1.54) is 0 Å². The maximum atomic E-state index is 9.67. The predicted molar refractivity (Wildman–Crippen MR) is 24.0 cm³/mol. The van der Waals surface area contributed by atoms with Gasteiger partial charge in [0.05, 0.1) is 14.1 Å². The largest absolute Gasteiger partial charge is 0.318 e. The van der Waals surface area contributed by atoms with Crippen LogP contribution in [0, 0.1) is 0 Å². The number of hydrogen-bond donors (Lipinski definition) is 0. The van der Waals surface area contributed by atoms with Gasteiger partial charge in [0.15, 0.2) is 11.8 Å². The average Bonchev–Trinajstić information content (AvgIpc) is 1.35. The van der Waals surface area contributed by atoms with Crippen LogP contribution in [-0.2, 0) is 4.79 Å². The molecule has 0 heterocycles. The first kappa shape index (κ1) is 5.92. The predicted octanol–water partition coefficient (Wildman–Crippen LogP) is 0.373. The molecule has 0 radical (unpaired) electrons. The van der Waals surface area contributed by atoms with Crippen LogP contribution in [0.2, 0.25) is 0 Å². The second-order valence-corrected chi connectivity index (χ2v) is 2.38. The standard InChI is InChI=1S/C3H7ClNO/c1-5(2,4)3-6/h3H,1-2H3/q+1. The molecule has 36 valence electrons. The molecular formula is C3H7ClNO+. The molecule has 0 aromatic heterocycles. The van der Waals surface area contributed by atoms with Gasteiger partial charge >= 0.3 is 6.41 Å². The zero-order valence-corrected chi connectivity index (χ0v) is 4.57. The van der Waals surface area contributed by atoms with Crippen LogP contribution in [0.3, 0.4) is 0 Å². The van der Waals surface area contributed by atoms with Crippen LogP contribution < -0.4 is 0 Å². The van der Waals surface area contributed by atoms with E-state index in [1.54, 1.807) is 14.1 Å². The van der Waals surface area contributed by atoms with Gasteiger partial charge in [-0.2, -0.15) is 4.00 Å². The summed E-state index contributed by atoms with van der Waals surface area (Å²) in [6, 6.07) is 0. The molecule has 0 spiro atoms. The Morgan fingerprint density at radius 3 is 1.83 bits per heavy atom. The van der Waals surface area contributed by atoms with Gasteiger partial charge in [-0.1, -0.05) is 0 Å². The summed E-state index contributed by atoms with van der Waals surface area (Å²) >= 11 is 5.29. The monoisotopic (exact) mass is 108 g/mol. The van der Waals surface area contributed by atoms with Gasteiger partial charge in [0.1, 0.15) is 0 Å². The molecule has 0 bridgehead atoms. The summed E-state index contributed by atoms with van der Waals surface area (Å²) in [4.78, 5) is 9.67. The van der Waals surface area contributed by atoms with Crippen molar-refractivity contribution in [2.45, 2.75) is 0 Å². The molecule has 6 heavy (non-hydrogen) atoms. The molecular weight excluding hydrogens is 101 g/mol. The lowest BCUT2D eigenvalue weighted by Crippen LogP contribution is -2.24. The molecule has 0 saturated heterocycles. The molecule has 0 rings (SSSR count). The second-order valence-electron chi connectivity index (χ2n) is 1.50. The second kappa shape index (κ2) is 1.58. The highest BCUT2D eigenvalue weighted by atomic mass is 35.5. The van der Waals surface area contributed by atoms with Crippen molar-refractivity contribution in [3.63, 3.8) is 0 Å². The van der Waals surface area contributed by atoms with Crippen molar-refractivity contribution in [1.29, 1.82) is 0 Å². The Labute approximate surface area is 42.0 Å². The van der Waals surface area contributed by atoms with Gasteiger partial charge in [-0.15, -0.1) is 0 Å². The summed E-state index contributed by atoms with van der Waals surface area (Å²) in [5.74, 6) is 0. The fourth-order valence-electron chi connectivity index (χ4n) is 0. The maximum Gasteiger partial charge on any atom is 0.318 e. The summed E-state index contributed by atoms with van der Waals surface area (Å²) in [6.07, 6.45) is 0.640. The molecule has 0 aromatic carbocycles. The van der Waals surface area contributed by atoms with Crippen molar-refractivity contribution in [2.24, 2.45) is 0 Å². The molecule has 0 aliphatic rings. The molecule has 0 saturated carbocycles. The van der Waals surface area contributed by atoms with Crippen LogP contribution in [-0.4, -0.2) is 24.5 Å². The minimum atomic E-state index is -0.139. The van der Waals surface area contributed by atoms with Crippen molar-refractivity contribution < 1.29 is 8.80 Å². The third-order valence-electron chi connectivity index (χ3n) is 0.251. The van der Waals surface area contributed by atoms with Crippen LogP contribution in [0.5, 0.6) is 0 Å². The highest BCUT2D eigenvalue weighted by Crippen LogP contribution is 1.92. The van der Waals surface area contributed by atoms with Gasteiger partial charge in [0.2, 0.25) is 0 Å². The molecule has 1 amide bonds. The number of quaternary nitrogens is 1. The Morgan fingerprint density at radius 2 is 1.83 bits per heavy atom. The van der Waals surface area contributed by atoms with E-state index < -0.39 is 0 Å². The summed E-state index contributed by atoms with van der Waals surface area (Å²) in [6.45, 7) is 0. The lowest BCUT2D eigenvalue weighted by Gasteiger charge is -2.04. The third-order valence-corrected chi connectivity index (χ3v) is 0.330. The Bertz CT molecular complexity index is 56.3. The molecule has 0 aromatic rings. The molecule has 3 heteroatoms. The van der Waals surface area contributed by atoms with Gasteiger partial charge in [0.25, 0.3) is 0 Å². The van der Waals surface area contributed by atoms with E-state index in [-0.39, 0.29) is 4.00 Å². The zero-order valence-electron chi connectivity index (χ0n) is 3.81. The zero-order chi connectivity index (χ0) is 5.21. The van der Waals surface area contributed by atoms with E-state index in [1.807, 2.05) is 0 Å². The smallest absolute Gasteiger partial charge is 0.232 e. The Morgan fingerprint density at radius 1 is 1.67 bits per heavy atom. The van der Waals surface area contributed by atoms with Gasteiger partial charge < -0.3 is 0 Å². The van der Waals surface area contributed by atoms with Gasteiger partial charge in [-0.05, 0) is 0 Å². The van der Waals surface area contributed by atoms with Crippen LogP contribution in [0.1, 0.15) is 0 Å². The first-order valence-electron chi connectivity index (χ1n) is 1.56. The number of nitrogens with zero attached hydrogens (tertiary/aromatic N) is 1. The minimum absolute atomic E-state index is 0.139. The first-order valence-corrected chi connectivity index (χ1v) is 1.90. The summed E-state index contributed by atoms with van der Waals surface area (Å²) < 4.78 is -0.139. The highest BCUT2D eigenvalue weighted by molar-refractivity contribution is 6.09. The molecule has 0 atom stereocenters. The SMILES string of the molecule is C[N+](C)(Cl)C=O. The van der Waals surface area contributed by atoms with Gasteiger partial charge in [-0.25, -0.2) is 4.79 Å². The average molecular weight is 109 g/mol. The van der Waals surface area contributed by atoms with Crippen molar-refractivity contribution in [3.8, 4) is 0 Å². The number of carbonyl (C=O) groups is 1. The van der Waals surface area contributed by atoms with Gasteiger partial charge in [-0.3, -0.25) is 0 Å². The van der Waals surface area contributed by atoms with Gasteiger partial charge in [0, 0.05) is 0 Å². The van der Waals surface area contributed by atoms with Crippen molar-refractivity contribution in [2.75, 3.05) is 14.1 Å². The normalized spacial score (nSPS) is 11.2. The first-order chi connectivity index (χ1) is 2.56. The highest BCUT2D eigenvalue weighted by Gasteiger charge is 2.05. The minimum Gasteiger partial charge on any atom is -0.232 e. The van der Waals surface area contributed by atoms with Crippen LogP contribution in [0.4, 0.5) is 0 Å². The topological polar surface area (TPSA) is 17.1 Å². The lowest BCUT2D eigenvalue weighted by atomic mass is 11.0. The van der Waals surface area contributed by atoms with E-state index in [9.17, 15) is 4.79 Å². The number of carbonyl (C=O) groups excluding carboxylic acids is 1. The molecule has 0 aliphatic heterocycles. The summed E-state index contributed by atoms with van der Waals surface area (Å²) in [7, 11) is 3.16. The van der Waals surface area contributed by atoms with Crippen molar-refractivity contribution in [3.05, 3.63) is 0 Å². The fraction of sp³-hybridized carbons (Fsp3) is 0.667. The molecule has 0 unspecified atom stereocenters. The Hall–Kier alpha value is -0.0800. The summed E-state index contributed by atoms with van der Waals surface area (Å²) in [5, 5.41) is 0. The van der Waals surface area contributed by atoms with E-state index >= 15 is 0 Å². The van der Waals surface area contributed by atoms with E-state index in [4.69, 9.17) is 11.8 Å². The summed E-state index contributed by atoms with van der Waals surface area (Å²) in [5.41, 5.74) is 0. The number of rotatable bonds is 1. The molecule has 0 aliphatic carbocycles. The van der Waals surface area contributed by atoms with E-state index in [0.717, 1.165) is 0 Å². The van der Waals surface area contributed by atoms with Crippen molar-refractivity contribution >= 4 is 18.2 Å². The molecule has 0 N–H and O–H groups in total. The maximum absolute atomic E-state index is 9.67. The molecule has 2 nitrogen and oxygen atoms in total. The van der Waals surface area contributed by atoms with E-state index in [2.05, 4.69) is 0 Å². The fourth-order valence-corrected chi connectivity index (χ4v) is 0. The quantitative estimate of drug-likeness (QED) is 0.351. The Kier molecular flexibility index (Phi) is 1.56.